The van der Waals surface area contributed by atoms with Crippen LogP contribution in [0.3, 0.4) is 0 Å². The summed E-state index contributed by atoms with van der Waals surface area (Å²) in [5.74, 6) is 0.116. The average molecular weight is 188 g/mol. The maximum atomic E-state index is 10.6. The van der Waals surface area contributed by atoms with E-state index in [1.165, 1.54) is 25.2 Å². The topological polar surface area (TPSA) is 37.3 Å². The second-order valence-corrected chi connectivity index (χ2v) is 2.89. The van der Waals surface area contributed by atoms with Crippen LogP contribution in [-0.4, -0.2) is 10.9 Å². The van der Waals surface area contributed by atoms with Crippen LogP contribution in [0.25, 0.3) is 5.76 Å². The highest BCUT2D eigenvalue weighted by Crippen LogP contribution is 2.09. The largest absolute Gasteiger partial charge is 0.507 e. The van der Waals surface area contributed by atoms with Crippen molar-refractivity contribution in [2.24, 2.45) is 0 Å². The van der Waals surface area contributed by atoms with E-state index >= 15 is 0 Å². The van der Waals surface area contributed by atoms with Crippen molar-refractivity contribution in [2.75, 3.05) is 0 Å². The molecule has 14 heavy (non-hydrogen) atoms. The SMILES string of the molecule is CC(=O)/C=C/C=C(\O)c1ccccc1. The average Bonchev–Trinajstić information content (AvgIpc) is 2.18. The molecular weight excluding hydrogens is 176 g/mol. The van der Waals surface area contributed by atoms with Gasteiger partial charge in [0.1, 0.15) is 5.76 Å². The van der Waals surface area contributed by atoms with Crippen LogP contribution in [0, 0.1) is 0 Å². The van der Waals surface area contributed by atoms with Gasteiger partial charge in [-0.3, -0.25) is 4.79 Å². The molecule has 0 aromatic heterocycles. The van der Waals surface area contributed by atoms with Crippen molar-refractivity contribution in [1.29, 1.82) is 0 Å². The Labute approximate surface area is 83.2 Å². The number of hydrogen-bond donors (Lipinski definition) is 1. The first kappa shape index (κ1) is 10.3. The molecule has 1 aromatic rings. The summed E-state index contributed by atoms with van der Waals surface area (Å²) < 4.78 is 0. The molecule has 0 spiro atoms. The smallest absolute Gasteiger partial charge is 0.152 e. The summed E-state index contributed by atoms with van der Waals surface area (Å²) in [4.78, 5) is 10.6. The van der Waals surface area contributed by atoms with Crippen LogP contribution in [0.4, 0.5) is 0 Å². The van der Waals surface area contributed by atoms with Gasteiger partial charge in [0.25, 0.3) is 0 Å². The van der Waals surface area contributed by atoms with Crippen molar-refractivity contribution in [3.05, 3.63) is 54.1 Å². The molecule has 0 bridgehead atoms. The van der Waals surface area contributed by atoms with E-state index in [-0.39, 0.29) is 11.5 Å². The zero-order chi connectivity index (χ0) is 10.4. The minimum Gasteiger partial charge on any atom is -0.507 e. The van der Waals surface area contributed by atoms with Gasteiger partial charge in [-0.2, -0.15) is 0 Å². The predicted molar refractivity (Wildman–Crippen MR) is 56.9 cm³/mol. The van der Waals surface area contributed by atoms with Crippen LogP contribution in [0.5, 0.6) is 0 Å². The van der Waals surface area contributed by atoms with Gasteiger partial charge >= 0.3 is 0 Å². The first-order chi connectivity index (χ1) is 6.70. The van der Waals surface area contributed by atoms with Gasteiger partial charge in [-0.05, 0) is 19.1 Å². The molecule has 0 aliphatic heterocycles. The van der Waals surface area contributed by atoms with Gasteiger partial charge in [-0.25, -0.2) is 0 Å². The monoisotopic (exact) mass is 188 g/mol. The number of carbonyl (C=O) groups is 1. The normalized spacial score (nSPS) is 11.9. The predicted octanol–water partition coefficient (Wildman–Crippen LogP) is 2.73. The highest BCUT2D eigenvalue weighted by Gasteiger charge is 1.93. The Morgan fingerprint density at radius 1 is 1.29 bits per heavy atom. The van der Waals surface area contributed by atoms with Crippen molar-refractivity contribution < 1.29 is 9.90 Å². The molecule has 72 valence electrons. The fourth-order valence-corrected chi connectivity index (χ4v) is 0.980. The van der Waals surface area contributed by atoms with Gasteiger partial charge in [-0.1, -0.05) is 36.4 Å². The first-order valence-electron chi connectivity index (χ1n) is 4.33. The third kappa shape index (κ3) is 3.27. The molecule has 1 rings (SSSR count). The standard InChI is InChI=1S/C12H12O2/c1-10(13)6-5-9-12(14)11-7-3-2-4-8-11/h2-9,14H,1H3/b6-5+,12-9-. The number of carbonyl (C=O) groups excluding carboxylic acids is 1. The number of aliphatic hydroxyl groups is 1. The first-order valence-corrected chi connectivity index (χ1v) is 4.33. The van der Waals surface area contributed by atoms with Crippen LogP contribution in [-0.2, 0) is 4.79 Å². The van der Waals surface area contributed by atoms with Gasteiger partial charge in [0.2, 0.25) is 0 Å². The molecule has 2 heteroatoms. The highest BCUT2D eigenvalue weighted by atomic mass is 16.3. The molecule has 0 radical (unpaired) electrons. The summed E-state index contributed by atoms with van der Waals surface area (Å²) in [6.45, 7) is 1.46. The lowest BCUT2D eigenvalue weighted by Crippen LogP contribution is -1.81. The van der Waals surface area contributed by atoms with Gasteiger partial charge in [-0.15, -0.1) is 0 Å². The molecule has 0 aliphatic carbocycles. The van der Waals surface area contributed by atoms with Gasteiger partial charge in [0.15, 0.2) is 5.78 Å². The number of ketones is 1. The Kier molecular flexibility index (Phi) is 3.68. The number of benzene rings is 1. The van der Waals surface area contributed by atoms with E-state index in [0.717, 1.165) is 5.56 Å². The number of allylic oxidation sites excluding steroid dienone is 3. The van der Waals surface area contributed by atoms with Gasteiger partial charge < -0.3 is 5.11 Å². The van der Waals surface area contributed by atoms with Crippen molar-refractivity contribution in [2.45, 2.75) is 6.92 Å². The lowest BCUT2D eigenvalue weighted by atomic mass is 10.2. The van der Waals surface area contributed by atoms with Crippen LogP contribution >= 0.6 is 0 Å². The van der Waals surface area contributed by atoms with E-state index in [0.29, 0.717) is 0 Å². The van der Waals surface area contributed by atoms with Crippen molar-refractivity contribution in [3.8, 4) is 0 Å². The van der Waals surface area contributed by atoms with E-state index < -0.39 is 0 Å². The van der Waals surface area contributed by atoms with Crippen LogP contribution in [0.15, 0.2) is 48.6 Å². The molecule has 0 saturated carbocycles. The summed E-state index contributed by atoms with van der Waals surface area (Å²) in [5.41, 5.74) is 0.737. The van der Waals surface area contributed by atoms with Gasteiger partial charge in [0, 0.05) is 5.56 Å². The molecule has 0 heterocycles. The van der Waals surface area contributed by atoms with Crippen LogP contribution in [0.2, 0.25) is 0 Å². The molecule has 0 amide bonds. The molecule has 0 aliphatic rings. The fourth-order valence-electron chi connectivity index (χ4n) is 0.980. The maximum Gasteiger partial charge on any atom is 0.152 e. The molecule has 0 unspecified atom stereocenters. The Morgan fingerprint density at radius 2 is 1.93 bits per heavy atom. The fraction of sp³-hybridized carbons (Fsp3) is 0.0833. The van der Waals surface area contributed by atoms with Crippen LogP contribution < -0.4 is 0 Å². The molecule has 0 fully saturated rings. The molecule has 1 aromatic carbocycles. The molecule has 2 nitrogen and oxygen atoms in total. The van der Waals surface area contributed by atoms with Crippen molar-refractivity contribution in [3.63, 3.8) is 0 Å². The van der Waals surface area contributed by atoms with Crippen LogP contribution in [0.1, 0.15) is 12.5 Å². The minimum atomic E-state index is -0.0397. The summed E-state index contributed by atoms with van der Waals surface area (Å²) >= 11 is 0. The summed E-state index contributed by atoms with van der Waals surface area (Å²) in [6, 6.07) is 9.16. The maximum absolute atomic E-state index is 10.6. The van der Waals surface area contributed by atoms with E-state index in [2.05, 4.69) is 0 Å². The lowest BCUT2D eigenvalue weighted by Gasteiger charge is -1.96. The summed E-state index contributed by atoms with van der Waals surface area (Å²) in [6.07, 6.45) is 4.43. The Bertz CT molecular complexity index is 361. The number of hydrogen-bond acceptors (Lipinski definition) is 2. The van der Waals surface area contributed by atoms with E-state index in [1.54, 1.807) is 12.1 Å². The quantitative estimate of drug-likeness (QED) is 0.450. The third-order valence-electron chi connectivity index (χ3n) is 1.65. The highest BCUT2D eigenvalue weighted by molar-refractivity contribution is 5.87. The zero-order valence-corrected chi connectivity index (χ0v) is 7.97. The van der Waals surface area contributed by atoms with Crippen molar-refractivity contribution in [1.82, 2.24) is 0 Å². The third-order valence-corrected chi connectivity index (χ3v) is 1.65. The summed E-state index contributed by atoms with van der Waals surface area (Å²) in [7, 11) is 0. The second-order valence-electron chi connectivity index (χ2n) is 2.89. The number of rotatable bonds is 3. The molecular formula is C12H12O2. The number of aliphatic hydroxyl groups excluding tert-OH is 1. The molecule has 0 saturated heterocycles. The minimum absolute atomic E-state index is 0.0397. The Morgan fingerprint density at radius 3 is 2.50 bits per heavy atom. The second kappa shape index (κ2) is 5.02. The Hall–Kier alpha value is -1.83. The molecule has 1 N–H and O–H groups in total. The molecule has 0 atom stereocenters. The summed E-state index contributed by atoms with van der Waals surface area (Å²) in [5, 5.41) is 9.53. The zero-order valence-electron chi connectivity index (χ0n) is 7.97. The lowest BCUT2D eigenvalue weighted by molar-refractivity contribution is -0.112. The Balaban J connectivity index is 2.75. The van der Waals surface area contributed by atoms with Gasteiger partial charge in [0.05, 0.1) is 0 Å². The van der Waals surface area contributed by atoms with E-state index in [4.69, 9.17) is 0 Å². The van der Waals surface area contributed by atoms with Crippen molar-refractivity contribution >= 4 is 11.5 Å². The van der Waals surface area contributed by atoms with E-state index in [9.17, 15) is 9.90 Å². The van der Waals surface area contributed by atoms with E-state index in [1.807, 2.05) is 18.2 Å².